The minimum atomic E-state index is -4.29. The maximum Gasteiger partial charge on any atom is 0.390 e. The molecule has 1 aromatic carbocycles. The highest BCUT2D eigenvalue weighted by atomic mass is 32.1. The molecular formula is C12H10F3N3O2S. The van der Waals surface area contributed by atoms with Gasteiger partial charge in [-0.25, -0.2) is 0 Å². The van der Waals surface area contributed by atoms with Crippen LogP contribution in [0.3, 0.4) is 0 Å². The van der Waals surface area contributed by atoms with Crippen molar-refractivity contribution in [3.05, 3.63) is 34.6 Å². The summed E-state index contributed by atoms with van der Waals surface area (Å²) in [5, 5.41) is 4.59. The molecule has 2 aromatic rings. The topological polar surface area (TPSA) is 70.9 Å². The first-order valence-corrected chi connectivity index (χ1v) is 6.27. The summed E-state index contributed by atoms with van der Waals surface area (Å²) in [5.74, 6) is -0.308. The van der Waals surface area contributed by atoms with Gasteiger partial charge in [-0.2, -0.15) is 23.3 Å². The second-order valence-corrected chi connectivity index (χ2v) is 4.51. The maximum absolute atomic E-state index is 12.0. The number of rotatable bonds is 4. The van der Waals surface area contributed by atoms with Crippen molar-refractivity contribution < 1.29 is 22.5 Å². The van der Waals surface area contributed by atoms with Crippen LogP contribution in [0.1, 0.15) is 16.8 Å². The molecule has 0 saturated heterocycles. The van der Waals surface area contributed by atoms with Gasteiger partial charge in [0.1, 0.15) is 0 Å². The van der Waals surface area contributed by atoms with Gasteiger partial charge in [-0.05, 0) is 36.5 Å². The number of aromatic amines is 1. The Kier molecular flexibility index (Phi) is 4.41. The molecule has 0 radical (unpaired) electrons. The molecule has 21 heavy (non-hydrogen) atoms. The van der Waals surface area contributed by atoms with E-state index in [2.05, 4.69) is 15.5 Å². The van der Waals surface area contributed by atoms with E-state index in [9.17, 15) is 18.0 Å². The molecule has 0 aliphatic rings. The lowest BCUT2D eigenvalue weighted by Crippen LogP contribution is -2.27. The zero-order chi connectivity index (χ0) is 15.5. The molecule has 0 fully saturated rings. The lowest BCUT2D eigenvalue weighted by Gasteiger charge is -2.08. The number of alkyl halides is 3. The number of hydrogen-bond acceptors (Lipinski definition) is 4. The van der Waals surface area contributed by atoms with Crippen LogP contribution in [-0.4, -0.2) is 28.8 Å². The number of nitrogens with zero attached hydrogens (tertiary/aromatic N) is 1. The monoisotopic (exact) mass is 317 g/mol. The van der Waals surface area contributed by atoms with Gasteiger partial charge in [-0.15, -0.1) is 0 Å². The fourth-order valence-corrected chi connectivity index (χ4v) is 1.66. The second kappa shape index (κ2) is 6.08. The third-order valence-electron chi connectivity index (χ3n) is 2.53. The van der Waals surface area contributed by atoms with Crippen molar-refractivity contribution in [2.24, 2.45) is 0 Å². The zero-order valence-electron chi connectivity index (χ0n) is 10.5. The van der Waals surface area contributed by atoms with Gasteiger partial charge in [-0.1, -0.05) is 0 Å². The van der Waals surface area contributed by atoms with Gasteiger partial charge in [0.05, 0.1) is 6.42 Å². The molecule has 0 aliphatic heterocycles. The third-order valence-corrected chi connectivity index (χ3v) is 2.70. The summed E-state index contributed by atoms with van der Waals surface area (Å²) in [4.78, 5) is 15.5. The van der Waals surface area contributed by atoms with Crippen LogP contribution in [0.15, 0.2) is 28.8 Å². The van der Waals surface area contributed by atoms with Crippen molar-refractivity contribution in [3.8, 4) is 11.5 Å². The van der Waals surface area contributed by atoms with E-state index in [1.807, 2.05) is 0 Å². The Hall–Kier alpha value is -2.16. The van der Waals surface area contributed by atoms with Gasteiger partial charge >= 0.3 is 6.18 Å². The number of benzene rings is 1. The fraction of sp³-hybridized carbons (Fsp3) is 0.250. The van der Waals surface area contributed by atoms with E-state index in [0.29, 0.717) is 5.56 Å². The number of carbonyl (C=O) groups excluding carboxylic acids is 1. The Morgan fingerprint density at radius 2 is 2.00 bits per heavy atom. The summed E-state index contributed by atoms with van der Waals surface area (Å²) in [5.41, 5.74) is 0.837. The van der Waals surface area contributed by atoms with Gasteiger partial charge in [0, 0.05) is 17.7 Å². The number of carbonyl (C=O) groups is 1. The average Bonchev–Trinajstić information content (AvgIpc) is 2.84. The summed E-state index contributed by atoms with van der Waals surface area (Å²) in [6.07, 6.45) is -5.36. The van der Waals surface area contributed by atoms with Crippen molar-refractivity contribution in [2.45, 2.75) is 12.6 Å². The number of hydrogen-bond donors (Lipinski definition) is 2. The second-order valence-electron chi connectivity index (χ2n) is 4.12. The van der Waals surface area contributed by atoms with Crippen LogP contribution < -0.4 is 5.32 Å². The van der Waals surface area contributed by atoms with Gasteiger partial charge in [0.15, 0.2) is 0 Å². The quantitative estimate of drug-likeness (QED) is 0.850. The van der Waals surface area contributed by atoms with Crippen molar-refractivity contribution in [3.63, 3.8) is 0 Å². The molecule has 9 heteroatoms. The summed E-state index contributed by atoms with van der Waals surface area (Å²) in [6, 6.07) is 6.05. The predicted octanol–water partition coefficient (Wildman–Crippen LogP) is 3.08. The lowest BCUT2D eigenvalue weighted by molar-refractivity contribution is -0.132. The molecule has 5 nitrogen and oxygen atoms in total. The Morgan fingerprint density at radius 1 is 1.33 bits per heavy atom. The van der Waals surface area contributed by atoms with Gasteiger partial charge in [0.2, 0.25) is 4.77 Å². The molecule has 0 atom stereocenters. The molecule has 0 spiro atoms. The highest BCUT2D eigenvalue weighted by Crippen LogP contribution is 2.19. The Balaban J connectivity index is 1.98. The fourth-order valence-electron chi connectivity index (χ4n) is 1.54. The number of H-pyrrole nitrogens is 1. The van der Waals surface area contributed by atoms with Crippen molar-refractivity contribution in [1.29, 1.82) is 0 Å². The van der Waals surface area contributed by atoms with E-state index >= 15 is 0 Å². The Morgan fingerprint density at radius 3 is 2.52 bits per heavy atom. The van der Waals surface area contributed by atoms with E-state index in [1.54, 1.807) is 12.1 Å². The molecule has 1 heterocycles. The summed E-state index contributed by atoms with van der Waals surface area (Å²) in [7, 11) is 0. The molecule has 112 valence electrons. The highest BCUT2D eigenvalue weighted by Gasteiger charge is 2.26. The van der Waals surface area contributed by atoms with Crippen LogP contribution in [0.2, 0.25) is 0 Å². The SMILES string of the molecule is O=C(NCCC(F)(F)F)c1ccc(-c2nc(=S)[nH]o2)cc1. The largest absolute Gasteiger partial charge is 0.390 e. The molecule has 0 saturated carbocycles. The predicted molar refractivity (Wildman–Crippen MR) is 70.1 cm³/mol. The number of amides is 1. The normalized spacial score (nSPS) is 11.4. The third kappa shape index (κ3) is 4.42. The van der Waals surface area contributed by atoms with Gasteiger partial charge in [0.25, 0.3) is 11.8 Å². The zero-order valence-corrected chi connectivity index (χ0v) is 11.3. The first-order valence-electron chi connectivity index (χ1n) is 5.86. The van der Waals surface area contributed by atoms with E-state index in [-0.39, 0.29) is 16.2 Å². The van der Waals surface area contributed by atoms with E-state index in [4.69, 9.17) is 16.7 Å². The van der Waals surface area contributed by atoms with E-state index in [1.165, 1.54) is 12.1 Å². The van der Waals surface area contributed by atoms with Crippen molar-refractivity contribution in [2.75, 3.05) is 6.54 Å². The lowest BCUT2D eigenvalue weighted by atomic mass is 10.1. The van der Waals surface area contributed by atoms with E-state index < -0.39 is 25.0 Å². The van der Waals surface area contributed by atoms with E-state index in [0.717, 1.165) is 0 Å². The molecule has 1 amide bonds. The first-order chi connectivity index (χ1) is 9.85. The highest BCUT2D eigenvalue weighted by molar-refractivity contribution is 7.71. The molecule has 0 aliphatic carbocycles. The molecule has 2 rings (SSSR count). The van der Waals surface area contributed by atoms with Crippen LogP contribution in [0, 0.1) is 4.77 Å². The Bertz CT molecular complexity index is 676. The van der Waals surface area contributed by atoms with Crippen LogP contribution in [0.25, 0.3) is 11.5 Å². The summed E-state index contributed by atoms with van der Waals surface area (Å²) >= 11 is 4.76. The minimum Gasteiger partial charge on any atom is -0.359 e. The molecule has 0 bridgehead atoms. The summed E-state index contributed by atoms with van der Waals surface area (Å²) < 4.78 is 41.1. The minimum absolute atomic E-state index is 0.193. The number of halogens is 3. The molecule has 1 aromatic heterocycles. The smallest absolute Gasteiger partial charge is 0.359 e. The molecule has 0 unspecified atom stereocenters. The van der Waals surface area contributed by atoms with Crippen molar-refractivity contribution >= 4 is 18.1 Å². The molecule has 2 N–H and O–H groups in total. The van der Waals surface area contributed by atoms with Crippen molar-refractivity contribution in [1.82, 2.24) is 15.5 Å². The van der Waals surface area contributed by atoms with Gasteiger partial charge < -0.3 is 9.84 Å². The van der Waals surface area contributed by atoms with Crippen LogP contribution >= 0.6 is 12.2 Å². The van der Waals surface area contributed by atoms with Crippen LogP contribution in [0.5, 0.6) is 0 Å². The van der Waals surface area contributed by atoms with Crippen LogP contribution in [-0.2, 0) is 0 Å². The molecular weight excluding hydrogens is 307 g/mol. The Labute approximate surface area is 122 Å². The number of aromatic nitrogens is 2. The summed E-state index contributed by atoms with van der Waals surface area (Å²) in [6.45, 7) is -0.460. The maximum atomic E-state index is 12.0. The van der Waals surface area contributed by atoms with Crippen LogP contribution in [0.4, 0.5) is 13.2 Å². The first kappa shape index (κ1) is 15.2. The number of nitrogens with one attached hydrogen (secondary N) is 2. The average molecular weight is 317 g/mol. The standard InChI is InChI=1S/C12H10F3N3O2S/c13-12(14,15)5-6-16-9(19)7-1-3-8(4-2-7)10-17-11(21)18-20-10/h1-4H,5-6H2,(H,16,19)(H,18,21). The van der Waals surface area contributed by atoms with Gasteiger partial charge in [-0.3, -0.25) is 4.79 Å².